The van der Waals surface area contributed by atoms with E-state index in [0.29, 0.717) is 0 Å². The lowest BCUT2D eigenvalue weighted by molar-refractivity contribution is 0.286. The Bertz CT molecular complexity index is 425. The summed E-state index contributed by atoms with van der Waals surface area (Å²) in [6, 6.07) is 3.78. The van der Waals surface area contributed by atoms with E-state index in [0.717, 1.165) is 42.4 Å². The Kier molecular flexibility index (Phi) is 4.73. The van der Waals surface area contributed by atoms with Crippen molar-refractivity contribution in [2.75, 3.05) is 19.7 Å². The van der Waals surface area contributed by atoms with E-state index in [1.54, 1.807) is 17.6 Å². The zero-order chi connectivity index (χ0) is 11.9. The molecule has 0 saturated heterocycles. The minimum atomic E-state index is 0.243. The molecule has 0 aliphatic heterocycles. The van der Waals surface area contributed by atoms with Crippen LogP contribution in [0.25, 0.3) is 11.5 Å². The minimum absolute atomic E-state index is 0.243. The third-order valence-corrected chi connectivity index (χ3v) is 3.26. The summed E-state index contributed by atoms with van der Waals surface area (Å²) in [4.78, 5) is 4.51. The van der Waals surface area contributed by atoms with Gasteiger partial charge in [-0.05, 0) is 25.1 Å². The molecule has 2 N–H and O–H groups in total. The summed E-state index contributed by atoms with van der Waals surface area (Å²) in [6.45, 7) is 1.99. The molecule has 5 heteroatoms. The summed E-state index contributed by atoms with van der Waals surface area (Å²) >= 11 is 1.65. The zero-order valence-electron chi connectivity index (χ0n) is 9.56. The SMILES string of the molecule is OCCCNCCc1nc(-c2ccco2)cs1. The Morgan fingerprint density at radius 1 is 1.41 bits per heavy atom. The lowest BCUT2D eigenvalue weighted by Crippen LogP contribution is -2.19. The Morgan fingerprint density at radius 3 is 3.12 bits per heavy atom. The van der Waals surface area contributed by atoms with Crippen LogP contribution in [-0.4, -0.2) is 29.8 Å². The highest BCUT2D eigenvalue weighted by Gasteiger charge is 2.06. The predicted octanol–water partition coefficient (Wildman–Crippen LogP) is 1.92. The molecular weight excluding hydrogens is 236 g/mol. The second kappa shape index (κ2) is 6.54. The maximum Gasteiger partial charge on any atom is 0.153 e. The van der Waals surface area contributed by atoms with E-state index >= 15 is 0 Å². The number of hydrogen-bond acceptors (Lipinski definition) is 5. The maximum absolute atomic E-state index is 8.63. The van der Waals surface area contributed by atoms with Gasteiger partial charge in [0.2, 0.25) is 0 Å². The Balaban J connectivity index is 1.79. The van der Waals surface area contributed by atoms with Crippen molar-refractivity contribution in [1.82, 2.24) is 10.3 Å². The number of nitrogens with zero attached hydrogens (tertiary/aromatic N) is 1. The van der Waals surface area contributed by atoms with Crippen molar-refractivity contribution >= 4 is 11.3 Å². The van der Waals surface area contributed by atoms with Crippen LogP contribution in [0.5, 0.6) is 0 Å². The van der Waals surface area contributed by atoms with Crippen molar-refractivity contribution in [3.8, 4) is 11.5 Å². The van der Waals surface area contributed by atoms with Crippen molar-refractivity contribution in [2.24, 2.45) is 0 Å². The Morgan fingerprint density at radius 2 is 2.35 bits per heavy atom. The molecule has 0 radical (unpaired) electrons. The standard InChI is InChI=1S/C12H16N2O2S/c15-7-2-5-13-6-4-12-14-10(9-17-12)11-3-1-8-16-11/h1,3,8-9,13,15H,2,4-7H2. The van der Waals surface area contributed by atoms with Crippen molar-refractivity contribution in [3.63, 3.8) is 0 Å². The second-order valence-electron chi connectivity index (χ2n) is 3.68. The van der Waals surface area contributed by atoms with Gasteiger partial charge in [0, 0.05) is 25.0 Å². The first-order chi connectivity index (χ1) is 8.40. The fraction of sp³-hybridized carbons (Fsp3) is 0.417. The molecule has 2 heterocycles. The van der Waals surface area contributed by atoms with Crippen molar-refractivity contribution in [2.45, 2.75) is 12.8 Å². The summed E-state index contributed by atoms with van der Waals surface area (Å²) in [7, 11) is 0. The highest BCUT2D eigenvalue weighted by molar-refractivity contribution is 7.09. The predicted molar refractivity (Wildman–Crippen MR) is 68.1 cm³/mol. The van der Waals surface area contributed by atoms with E-state index in [1.165, 1.54) is 0 Å². The van der Waals surface area contributed by atoms with E-state index < -0.39 is 0 Å². The number of thiazole rings is 1. The van der Waals surface area contributed by atoms with Crippen LogP contribution in [0.3, 0.4) is 0 Å². The van der Waals surface area contributed by atoms with Crippen LogP contribution in [0.1, 0.15) is 11.4 Å². The molecule has 0 amide bonds. The van der Waals surface area contributed by atoms with Gasteiger partial charge in [-0.15, -0.1) is 11.3 Å². The number of aliphatic hydroxyl groups is 1. The molecule has 0 spiro atoms. The molecule has 0 saturated carbocycles. The average molecular weight is 252 g/mol. The Hall–Kier alpha value is -1.17. The molecule has 2 rings (SSSR count). The third-order valence-electron chi connectivity index (χ3n) is 2.35. The lowest BCUT2D eigenvalue weighted by Gasteiger charge is -2.00. The number of aromatic nitrogens is 1. The topological polar surface area (TPSA) is 58.3 Å². The average Bonchev–Trinajstić information content (AvgIpc) is 2.99. The van der Waals surface area contributed by atoms with Crippen LogP contribution < -0.4 is 5.32 Å². The van der Waals surface area contributed by atoms with Gasteiger partial charge in [0.1, 0.15) is 5.69 Å². The van der Waals surface area contributed by atoms with Gasteiger partial charge in [-0.3, -0.25) is 0 Å². The number of hydrogen-bond donors (Lipinski definition) is 2. The van der Waals surface area contributed by atoms with Gasteiger partial charge in [-0.2, -0.15) is 0 Å². The molecule has 0 bridgehead atoms. The summed E-state index contributed by atoms with van der Waals surface area (Å²) in [5.41, 5.74) is 0.908. The van der Waals surface area contributed by atoms with Crippen LogP contribution in [0.2, 0.25) is 0 Å². The number of nitrogens with one attached hydrogen (secondary N) is 1. The van der Waals surface area contributed by atoms with Gasteiger partial charge in [-0.25, -0.2) is 4.98 Å². The van der Waals surface area contributed by atoms with E-state index in [9.17, 15) is 0 Å². The fourth-order valence-corrected chi connectivity index (χ4v) is 2.28. The maximum atomic E-state index is 8.63. The molecule has 0 aliphatic carbocycles. The van der Waals surface area contributed by atoms with Gasteiger partial charge < -0.3 is 14.8 Å². The van der Waals surface area contributed by atoms with Crippen LogP contribution in [-0.2, 0) is 6.42 Å². The third kappa shape index (κ3) is 3.66. The molecule has 0 aromatic carbocycles. The molecule has 0 aliphatic rings. The smallest absolute Gasteiger partial charge is 0.153 e. The normalized spacial score (nSPS) is 10.9. The van der Waals surface area contributed by atoms with Crippen molar-refractivity contribution < 1.29 is 9.52 Å². The van der Waals surface area contributed by atoms with E-state index in [1.807, 2.05) is 17.5 Å². The fourth-order valence-electron chi connectivity index (χ4n) is 1.49. The molecule has 0 unspecified atom stereocenters. The van der Waals surface area contributed by atoms with E-state index in [4.69, 9.17) is 9.52 Å². The quantitative estimate of drug-likeness (QED) is 0.739. The number of rotatable bonds is 7. The van der Waals surface area contributed by atoms with E-state index in [2.05, 4.69) is 10.3 Å². The van der Waals surface area contributed by atoms with Gasteiger partial charge in [0.25, 0.3) is 0 Å². The molecule has 0 fully saturated rings. The zero-order valence-corrected chi connectivity index (χ0v) is 10.4. The summed E-state index contributed by atoms with van der Waals surface area (Å²) in [5, 5.41) is 15.0. The largest absolute Gasteiger partial charge is 0.463 e. The molecule has 17 heavy (non-hydrogen) atoms. The molecule has 4 nitrogen and oxygen atoms in total. The van der Waals surface area contributed by atoms with Crippen LogP contribution in [0, 0.1) is 0 Å². The minimum Gasteiger partial charge on any atom is -0.463 e. The van der Waals surface area contributed by atoms with Crippen molar-refractivity contribution in [1.29, 1.82) is 0 Å². The first-order valence-corrected chi connectivity index (χ1v) is 6.58. The van der Waals surface area contributed by atoms with Gasteiger partial charge >= 0.3 is 0 Å². The van der Waals surface area contributed by atoms with Gasteiger partial charge in [-0.1, -0.05) is 0 Å². The summed E-state index contributed by atoms with van der Waals surface area (Å²) in [6.07, 6.45) is 3.37. The number of furan rings is 1. The first kappa shape index (κ1) is 12.3. The number of aliphatic hydroxyl groups excluding tert-OH is 1. The lowest BCUT2D eigenvalue weighted by atomic mass is 10.3. The second-order valence-corrected chi connectivity index (χ2v) is 4.62. The van der Waals surface area contributed by atoms with Crippen LogP contribution >= 0.6 is 11.3 Å². The van der Waals surface area contributed by atoms with Crippen LogP contribution in [0.4, 0.5) is 0 Å². The highest BCUT2D eigenvalue weighted by Crippen LogP contribution is 2.22. The molecule has 2 aromatic heterocycles. The van der Waals surface area contributed by atoms with E-state index in [-0.39, 0.29) is 6.61 Å². The van der Waals surface area contributed by atoms with Crippen LogP contribution in [0.15, 0.2) is 28.2 Å². The molecular formula is C12H16N2O2S. The first-order valence-electron chi connectivity index (χ1n) is 5.70. The molecule has 2 aromatic rings. The van der Waals surface area contributed by atoms with Gasteiger partial charge in [0.05, 0.1) is 11.3 Å². The molecule has 0 atom stereocenters. The summed E-state index contributed by atoms with van der Waals surface area (Å²) in [5.74, 6) is 0.820. The van der Waals surface area contributed by atoms with Crippen molar-refractivity contribution in [3.05, 3.63) is 28.8 Å². The summed E-state index contributed by atoms with van der Waals surface area (Å²) < 4.78 is 5.29. The monoisotopic (exact) mass is 252 g/mol. The highest BCUT2D eigenvalue weighted by atomic mass is 32.1. The molecule has 92 valence electrons. The van der Waals surface area contributed by atoms with Gasteiger partial charge in [0.15, 0.2) is 5.76 Å². The Labute approximate surface area is 104 Å².